The second-order valence-electron chi connectivity index (χ2n) is 7.11. The number of rotatable bonds is 4. The maximum absolute atomic E-state index is 12.5. The first kappa shape index (κ1) is 17.8. The first-order chi connectivity index (χ1) is 13.6. The van der Waals surface area contributed by atoms with Crippen LogP contribution in [0.5, 0.6) is 0 Å². The summed E-state index contributed by atoms with van der Waals surface area (Å²) < 4.78 is 1.50. The highest BCUT2D eigenvalue weighted by atomic mass is 16.2. The number of nitrogens with zero attached hydrogens (tertiary/aromatic N) is 2. The zero-order valence-corrected chi connectivity index (χ0v) is 15.5. The first-order valence-corrected chi connectivity index (χ1v) is 9.22. The molecule has 1 fully saturated rings. The molecule has 4 rings (SSSR count). The van der Waals surface area contributed by atoms with Crippen molar-refractivity contribution in [1.82, 2.24) is 4.57 Å². The molecule has 0 bridgehead atoms. The van der Waals surface area contributed by atoms with Crippen molar-refractivity contribution < 1.29 is 4.79 Å². The van der Waals surface area contributed by atoms with Gasteiger partial charge in [0, 0.05) is 30.1 Å². The molecule has 0 radical (unpaired) electrons. The Labute approximate surface area is 162 Å². The third-order valence-electron chi connectivity index (χ3n) is 5.31. The minimum atomic E-state index is -0.318. The van der Waals surface area contributed by atoms with Gasteiger partial charge in [-0.1, -0.05) is 36.4 Å². The fraction of sp³-hybridized carbons (Fsp3) is 0.227. The zero-order chi connectivity index (χ0) is 19.7. The van der Waals surface area contributed by atoms with E-state index in [2.05, 4.69) is 10.6 Å². The van der Waals surface area contributed by atoms with Crippen LogP contribution in [0.25, 0.3) is 10.9 Å². The van der Waals surface area contributed by atoms with E-state index < -0.39 is 0 Å². The van der Waals surface area contributed by atoms with E-state index in [1.165, 1.54) is 4.57 Å². The molecule has 6 nitrogen and oxygen atoms in total. The predicted octanol–water partition coefficient (Wildman–Crippen LogP) is 3.24. The van der Waals surface area contributed by atoms with Crippen molar-refractivity contribution in [2.45, 2.75) is 18.9 Å². The van der Waals surface area contributed by atoms with Gasteiger partial charge in [-0.25, -0.2) is 0 Å². The van der Waals surface area contributed by atoms with Gasteiger partial charge in [-0.15, -0.1) is 0 Å². The molecule has 1 heterocycles. The van der Waals surface area contributed by atoms with Crippen molar-refractivity contribution >= 4 is 28.2 Å². The Morgan fingerprint density at radius 2 is 1.79 bits per heavy atom. The van der Waals surface area contributed by atoms with Gasteiger partial charge in [0.25, 0.3) is 5.56 Å². The second kappa shape index (κ2) is 7.20. The molecule has 28 heavy (non-hydrogen) atoms. The molecule has 1 saturated carbocycles. The van der Waals surface area contributed by atoms with Crippen molar-refractivity contribution in [3.8, 4) is 6.07 Å². The van der Waals surface area contributed by atoms with E-state index in [4.69, 9.17) is 0 Å². The van der Waals surface area contributed by atoms with Crippen LogP contribution in [0.15, 0.2) is 59.4 Å². The number of nitriles is 1. The number of anilines is 2. The molecule has 0 saturated heterocycles. The summed E-state index contributed by atoms with van der Waals surface area (Å²) in [5, 5.41) is 16.6. The maximum atomic E-state index is 12.5. The molecule has 1 aromatic heterocycles. The lowest BCUT2D eigenvalue weighted by Crippen LogP contribution is -2.42. The monoisotopic (exact) mass is 372 g/mol. The van der Waals surface area contributed by atoms with Crippen LogP contribution in [-0.4, -0.2) is 16.5 Å². The molecule has 2 aromatic carbocycles. The first-order valence-electron chi connectivity index (χ1n) is 9.22. The number of hydrogen-bond acceptors (Lipinski definition) is 4. The molecule has 3 aromatic rings. The maximum Gasteiger partial charge on any atom is 0.270 e. The largest absolute Gasteiger partial charge is 0.380 e. The Morgan fingerprint density at radius 1 is 1.11 bits per heavy atom. The summed E-state index contributed by atoms with van der Waals surface area (Å²) in [6.45, 7) is 0. The van der Waals surface area contributed by atoms with Gasteiger partial charge in [0.05, 0.1) is 11.2 Å². The Balaban J connectivity index is 1.52. The molecule has 1 aliphatic carbocycles. The van der Waals surface area contributed by atoms with Gasteiger partial charge in [0.1, 0.15) is 11.6 Å². The highest BCUT2D eigenvalue weighted by Gasteiger charge is 2.35. The van der Waals surface area contributed by atoms with Crippen LogP contribution in [0.1, 0.15) is 18.4 Å². The van der Waals surface area contributed by atoms with Gasteiger partial charge in [-0.05, 0) is 31.0 Å². The number of carbonyl (C=O) groups excluding carboxylic acids is 1. The number of nitrogens with one attached hydrogen (secondary N) is 2. The molecule has 140 valence electrons. The van der Waals surface area contributed by atoms with Crippen molar-refractivity contribution in [3.05, 3.63) is 70.5 Å². The molecule has 6 heteroatoms. The lowest BCUT2D eigenvalue weighted by molar-refractivity contribution is -0.122. The van der Waals surface area contributed by atoms with Crippen LogP contribution in [0, 0.1) is 17.2 Å². The normalized spacial score (nSPS) is 18.1. The number of hydrogen-bond donors (Lipinski definition) is 2. The molecular formula is C22H20N4O2. The van der Waals surface area contributed by atoms with E-state index in [1.807, 2.05) is 60.7 Å². The van der Waals surface area contributed by atoms with Crippen LogP contribution < -0.4 is 16.2 Å². The van der Waals surface area contributed by atoms with Gasteiger partial charge < -0.3 is 15.2 Å². The molecule has 2 N–H and O–H groups in total. The summed E-state index contributed by atoms with van der Waals surface area (Å²) in [5.41, 5.74) is 1.91. The highest BCUT2D eigenvalue weighted by molar-refractivity contribution is 5.95. The summed E-state index contributed by atoms with van der Waals surface area (Å²) in [4.78, 5) is 24.9. The molecule has 0 spiro atoms. The number of para-hydroxylation sites is 2. The van der Waals surface area contributed by atoms with Crippen molar-refractivity contribution in [1.29, 1.82) is 5.26 Å². The van der Waals surface area contributed by atoms with Crippen LogP contribution >= 0.6 is 0 Å². The summed E-state index contributed by atoms with van der Waals surface area (Å²) in [7, 11) is 1.67. The third kappa shape index (κ3) is 3.12. The van der Waals surface area contributed by atoms with E-state index >= 15 is 0 Å². The number of benzene rings is 2. The predicted molar refractivity (Wildman–Crippen MR) is 109 cm³/mol. The van der Waals surface area contributed by atoms with Gasteiger partial charge in [0.2, 0.25) is 5.91 Å². The smallest absolute Gasteiger partial charge is 0.270 e. The lowest BCUT2D eigenvalue weighted by Gasteiger charge is -2.36. The zero-order valence-electron chi connectivity index (χ0n) is 15.5. The summed E-state index contributed by atoms with van der Waals surface area (Å²) in [5.74, 6) is -0.0837. The molecule has 0 aliphatic heterocycles. The topological polar surface area (TPSA) is 86.9 Å². The van der Waals surface area contributed by atoms with Crippen LogP contribution in [0.2, 0.25) is 0 Å². The highest BCUT2D eigenvalue weighted by Crippen LogP contribution is 2.34. The summed E-state index contributed by atoms with van der Waals surface area (Å²) in [6, 6.07) is 19.0. The Kier molecular flexibility index (Phi) is 4.58. The van der Waals surface area contributed by atoms with Crippen LogP contribution in [0.4, 0.5) is 11.4 Å². The lowest BCUT2D eigenvalue weighted by atomic mass is 9.79. The van der Waals surface area contributed by atoms with Gasteiger partial charge >= 0.3 is 0 Å². The van der Waals surface area contributed by atoms with E-state index in [-0.39, 0.29) is 29.0 Å². The Morgan fingerprint density at radius 3 is 2.50 bits per heavy atom. The molecule has 1 aliphatic rings. The number of aryl methyl sites for hydroxylation is 1. The molecule has 0 atom stereocenters. The number of pyridine rings is 1. The van der Waals surface area contributed by atoms with Crippen molar-refractivity contribution in [3.63, 3.8) is 0 Å². The quantitative estimate of drug-likeness (QED) is 0.736. The van der Waals surface area contributed by atoms with E-state index in [0.717, 1.165) is 16.6 Å². The number of aromatic nitrogens is 1. The van der Waals surface area contributed by atoms with Crippen LogP contribution in [0.3, 0.4) is 0 Å². The van der Waals surface area contributed by atoms with Gasteiger partial charge in [-0.2, -0.15) is 5.26 Å². The number of amides is 1. The Hall–Kier alpha value is -3.59. The van der Waals surface area contributed by atoms with Gasteiger partial charge in [-0.3, -0.25) is 9.59 Å². The molecule has 1 amide bonds. The fourth-order valence-corrected chi connectivity index (χ4v) is 3.67. The summed E-state index contributed by atoms with van der Waals surface area (Å²) in [6.07, 6.45) is 1.32. The standard InChI is InChI=1S/C22H20N4O2/c1-26-19-10-6-5-9-17(19)20(18(13-23)22(26)28)24-16-11-14(12-16)21(27)25-15-7-3-2-4-8-15/h2-10,14,16,24H,11-12H2,1H3,(H,25,27). The number of fused-ring (bicyclic) bond motifs is 1. The van der Waals surface area contributed by atoms with E-state index in [0.29, 0.717) is 18.5 Å². The molecular weight excluding hydrogens is 352 g/mol. The SMILES string of the molecule is Cn1c(=O)c(C#N)c(NC2CC(C(=O)Nc3ccccc3)C2)c2ccccc21. The van der Waals surface area contributed by atoms with E-state index in [9.17, 15) is 14.9 Å². The van der Waals surface area contributed by atoms with Crippen molar-refractivity contribution in [2.24, 2.45) is 13.0 Å². The minimum Gasteiger partial charge on any atom is -0.380 e. The van der Waals surface area contributed by atoms with Gasteiger partial charge in [0.15, 0.2) is 0 Å². The van der Waals surface area contributed by atoms with E-state index in [1.54, 1.807) is 7.05 Å². The van der Waals surface area contributed by atoms with Crippen molar-refractivity contribution in [2.75, 3.05) is 10.6 Å². The average Bonchev–Trinajstić information content (AvgIpc) is 2.68. The fourth-order valence-electron chi connectivity index (χ4n) is 3.67. The Bertz CT molecular complexity index is 1140. The number of carbonyl (C=O) groups is 1. The summed E-state index contributed by atoms with van der Waals surface area (Å²) >= 11 is 0. The average molecular weight is 372 g/mol. The van der Waals surface area contributed by atoms with Crippen LogP contribution in [-0.2, 0) is 11.8 Å². The third-order valence-corrected chi connectivity index (χ3v) is 5.31. The minimum absolute atomic E-state index is 0.00131. The molecule has 0 unspecified atom stereocenters. The second-order valence-corrected chi connectivity index (χ2v) is 7.11.